The third-order valence-electron chi connectivity index (χ3n) is 5.40. The van der Waals surface area contributed by atoms with Crippen molar-refractivity contribution in [1.82, 2.24) is 19.7 Å². The lowest BCUT2D eigenvalue weighted by molar-refractivity contribution is 0.0695. The average molecular weight is 400 g/mol. The highest BCUT2D eigenvalue weighted by molar-refractivity contribution is 5.98. The van der Waals surface area contributed by atoms with Crippen molar-refractivity contribution in [3.05, 3.63) is 39.8 Å². The fraction of sp³-hybridized carbons (Fsp3) is 0.389. The second kappa shape index (κ2) is 6.26. The Balaban J connectivity index is 1.69. The molecule has 3 N–H and O–H groups in total. The molecule has 0 spiro atoms. The summed E-state index contributed by atoms with van der Waals surface area (Å²) in [7, 11) is 0. The van der Waals surface area contributed by atoms with Gasteiger partial charge in [-0.05, 0) is 25.3 Å². The van der Waals surface area contributed by atoms with Gasteiger partial charge in [-0.1, -0.05) is 5.10 Å². The van der Waals surface area contributed by atoms with Crippen LogP contribution in [0.25, 0.3) is 11.0 Å². The van der Waals surface area contributed by atoms with Crippen LogP contribution in [0.3, 0.4) is 0 Å². The van der Waals surface area contributed by atoms with E-state index in [4.69, 9.17) is 10.2 Å². The van der Waals surface area contributed by atoms with Gasteiger partial charge in [0.05, 0.1) is 17.5 Å². The summed E-state index contributed by atoms with van der Waals surface area (Å²) in [6.07, 6.45) is 3.34. The van der Waals surface area contributed by atoms with Gasteiger partial charge >= 0.3 is 12.0 Å². The first-order valence-corrected chi connectivity index (χ1v) is 9.25. The topological polar surface area (TPSA) is 140 Å². The number of anilines is 2. The Hall–Kier alpha value is -3.50. The van der Waals surface area contributed by atoms with Crippen LogP contribution < -0.4 is 16.1 Å². The van der Waals surface area contributed by atoms with Crippen molar-refractivity contribution in [2.45, 2.75) is 31.2 Å². The van der Waals surface area contributed by atoms with Crippen LogP contribution >= 0.6 is 0 Å². The summed E-state index contributed by atoms with van der Waals surface area (Å²) < 4.78 is 20.8. The van der Waals surface area contributed by atoms with E-state index >= 15 is 0 Å². The molecule has 3 aromatic heterocycles. The lowest BCUT2D eigenvalue weighted by Gasteiger charge is -2.26. The highest BCUT2D eigenvalue weighted by Gasteiger charge is 2.37. The number of nitrogen functional groups attached to an aromatic ring is 1. The normalized spacial score (nSPS) is 19.2. The lowest BCUT2D eigenvalue weighted by Crippen LogP contribution is -2.31. The van der Waals surface area contributed by atoms with Crippen molar-refractivity contribution >= 4 is 28.8 Å². The summed E-state index contributed by atoms with van der Waals surface area (Å²) in [5.74, 6) is -1.50. The van der Waals surface area contributed by atoms with Gasteiger partial charge in [0.25, 0.3) is 0 Å². The van der Waals surface area contributed by atoms with Gasteiger partial charge in [-0.3, -0.25) is 4.79 Å². The fourth-order valence-corrected chi connectivity index (χ4v) is 4.00. The fourth-order valence-electron chi connectivity index (χ4n) is 4.00. The van der Waals surface area contributed by atoms with Crippen LogP contribution in [-0.4, -0.2) is 43.9 Å². The molecule has 4 heterocycles. The van der Waals surface area contributed by atoms with E-state index in [1.54, 1.807) is 4.57 Å². The molecular weight excluding hydrogens is 383 g/mol. The number of carboxylic acid groups (broad SMARTS) is 1. The van der Waals surface area contributed by atoms with E-state index in [1.807, 2.05) is 4.90 Å². The number of halogens is 1. The van der Waals surface area contributed by atoms with E-state index in [-0.39, 0.29) is 28.9 Å². The molecule has 1 atom stereocenters. The van der Waals surface area contributed by atoms with Gasteiger partial charge in [-0.2, -0.15) is 0 Å². The molecule has 1 unspecified atom stereocenters. The van der Waals surface area contributed by atoms with Gasteiger partial charge in [0.1, 0.15) is 22.8 Å². The summed E-state index contributed by atoms with van der Waals surface area (Å²) in [6, 6.07) is 1.03. The van der Waals surface area contributed by atoms with E-state index in [0.717, 1.165) is 25.1 Å². The van der Waals surface area contributed by atoms with Crippen LogP contribution in [0.1, 0.15) is 47.5 Å². The third-order valence-corrected chi connectivity index (χ3v) is 5.40. The van der Waals surface area contributed by atoms with Crippen LogP contribution in [-0.2, 0) is 0 Å². The molecule has 1 aliphatic carbocycles. The number of aromatic nitrogens is 4. The molecule has 0 radical (unpaired) electrons. The van der Waals surface area contributed by atoms with Gasteiger partial charge in [0, 0.05) is 19.1 Å². The minimum atomic E-state index is -1.35. The first-order chi connectivity index (χ1) is 13.9. The Morgan fingerprint density at radius 3 is 2.76 bits per heavy atom. The number of fused-ring (bicyclic) bond motifs is 1. The van der Waals surface area contributed by atoms with Crippen LogP contribution in [0.5, 0.6) is 0 Å². The Bertz CT molecular complexity index is 1200. The number of carbonyl (C=O) groups is 1. The second-order valence-electron chi connectivity index (χ2n) is 7.37. The standard InChI is InChI=1S/C18H17FN6O4/c19-9-5-11-13(26)12(17(27)28)16(25(10-1-2-10)14(11)21-6-9)24-4-3-8(7-24)15-22-23-18(20)29-15/h5-6,8,10H,1-4,7H2,(H2,20,23)(H,27,28). The van der Waals surface area contributed by atoms with Crippen molar-refractivity contribution in [3.63, 3.8) is 0 Å². The average Bonchev–Trinajstić information content (AvgIpc) is 3.23. The molecule has 2 fully saturated rings. The predicted octanol–water partition coefficient (Wildman–Crippen LogP) is 1.53. The number of pyridine rings is 2. The molecule has 150 valence electrons. The zero-order valence-corrected chi connectivity index (χ0v) is 15.2. The highest BCUT2D eigenvalue weighted by atomic mass is 19.1. The number of hydrogen-bond donors (Lipinski definition) is 2. The molecule has 3 aromatic rings. The van der Waals surface area contributed by atoms with Gasteiger partial charge in [-0.15, -0.1) is 5.10 Å². The Morgan fingerprint density at radius 2 is 2.10 bits per heavy atom. The molecule has 0 bridgehead atoms. The van der Waals surface area contributed by atoms with Crippen molar-refractivity contribution in [2.24, 2.45) is 0 Å². The molecule has 0 amide bonds. The van der Waals surface area contributed by atoms with Gasteiger partial charge in [0.15, 0.2) is 0 Å². The summed E-state index contributed by atoms with van der Waals surface area (Å²) in [5, 5.41) is 17.4. The summed E-state index contributed by atoms with van der Waals surface area (Å²) in [5.41, 5.74) is 4.69. The van der Waals surface area contributed by atoms with Crippen LogP contribution in [0, 0.1) is 5.82 Å². The molecule has 5 rings (SSSR count). The zero-order chi connectivity index (χ0) is 20.3. The first-order valence-electron chi connectivity index (χ1n) is 9.25. The highest BCUT2D eigenvalue weighted by Crippen LogP contribution is 2.42. The second-order valence-corrected chi connectivity index (χ2v) is 7.37. The number of nitrogens with zero attached hydrogens (tertiary/aromatic N) is 5. The van der Waals surface area contributed by atoms with Gasteiger partial charge in [-0.25, -0.2) is 14.2 Å². The third kappa shape index (κ3) is 2.80. The zero-order valence-electron chi connectivity index (χ0n) is 15.2. The molecule has 1 saturated carbocycles. The predicted molar refractivity (Wildman–Crippen MR) is 99.5 cm³/mol. The smallest absolute Gasteiger partial charge is 0.343 e. The largest absolute Gasteiger partial charge is 0.477 e. The molecule has 11 heteroatoms. The molecular formula is C18H17FN6O4. The number of carboxylic acids is 1. The number of nitrogens with two attached hydrogens (primary N) is 1. The van der Waals surface area contributed by atoms with E-state index in [0.29, 0.717) is 36.9 Å². The Labute approximate surface area is 162 Å². The lowest BCUT2D eigenvalue weighted by atomic mass is 10.1. The van der Waals surface area contributed by atoms with E-state index in [2.05, 4.69) is 15.2 Å². The molecule has 2 aliphatic rings. The van der Waals surface area contributed by atoms with Crippen LogP contribution in [0.2, 0.25) is 0 Å². The molecule has 1 aliphatic heterocycles. The molecule has 1 saturated heterocycles. The maximum atomic E-state index is 13.7. The van der Waals surface area contributed by atoms with Crippen LogP contribution in [0.15, 0.2) is 21.5 Å². The number of rotatable bonds is 4. The Kier molecular flexibility index (Phi) is 3.80. The maximum absolute atomic E-state index is 13.7. The van der Waals surface area contributed by atoms with E-state index < -0.39 is 17.2 Å². The minimum Gasteiger partial charge on any atom is -0.477 e. The van der Waals surface area contributed by atoms with Crippen LogP contribution in [0.4, 0.5) is 16.2 Å². The summed E-state index contributed by atoms with van der Waals surface area (Å²) >= 11 is 0. The molecule has 10 nitrogen and oxygen atoms in total. The summed E-state index contributed by atoms with van der Waals surface area (Å²) in [4.78, 5) is 31.0. The first kappa shape index (κ1) is 17.6. The van der Waals surface area contributed by atoms with Gasteiger partial charge < -0.3 is 24.7 Å². The number of hydrogen-bond acceptors (Lipinski definition) is 8. The van der Waals surface area contributed by atoms with E-state index in [9.17, 15) is 19.1 Å². The SMILES string of the molecule is Nc1nnc(C2CCN(c3c(C(=O)O)c(=O)c4cc(F)cnc4n3C3CC3)C2)o1. The monoisotopic (exact) mass is 400 g/mol. The molecule has 0 aromatic carbocycles. The van der Waals surface area contributed by atoms with Crippen molar-refractivity contribution in [3.8, 4) is 0 Å². The number of aromatic carboxylic acids is 1. The van der Waals surface area contributed by atoms with E-state index in [1.165, 1.54) is 0 Å². The van der Waals surface area contributed by atoms with Crippen molar-refractivity contribution in [2.75, 3.05) is 23.7 Å². The quantitative estimate of drug-likeness (QED) is 0.667. The maximum Gasteiger partial charge on any atom is 0.343 e. The Morgan fingerprint density at radius 1 is 1.31 bits per heavy atom. The van der Waals surface area contributed by atoms with Crippen molar-refractivity contribution < 1.29 is 18.7 Å². The minimum absolute atomic E-state index is 0.0160. The van der Waals surface area contributed by atoms with Gasteiger partial charge in [0.2, 0.25) is 11.3 Å². The summed E-state index contributed by atoms with van der Waals surface area (Å²) in [6.45, 7) is 0.882. The molecule has 29 heavy (non-hydrogen) atoms. The van der Waals surface area contributed by atoms with Crippen molar-refractivity contribution in [1.29, 1.82) is 0 Å².